The van der Waals surface area contributed by atoms with Crippen molar-refractivity contribution in [3.63, 3.8) is 0 Å². The number of hydrogen-bond acceptors (Lipinski definition) is 2. The lowest BCUT2D eigenvalue weighted by Crippen LogP contribution is -2.06. The van der Waals surface area contributed by atoms with E-state index >= 15 is 0 Å². The zero-order chi connectivity index (χ0) is 11.3. The predicted octanol–water partition coefficient (Wildman–Crippen LogP) is 1.93. The maximum atomic E-state index is 11.6. The van der Waals surface area contributed by atoms with Gasteiger partial charge in [0.15, 0.2) is 0 Å². The number of hydrogen-bond donors (Lipinski definition) is 0. The molecule has 1 rings (SSSR count). The highest BCUT2D eigenvalue weighted by Gasteiger charge is 2.07. The van der Waals surface area contributed by atoms with Crippen LogP contribution in [0.4, 0.5) is 0 Å². The molecular formula is C11H15IO2Si. The predicted molar refractivity (Wildman–Crippen MR) is 73.5 cm³/mol. The summed E-state index contributed by atoms with van der Waals surface area (Å²) in [5.74, 6) is -0.206. The number of carbonyl (C=O) groups is 1. The summed E-state index contributed by atoms with van der Waals surface area (Å²) in [6, 6.07) is 6.82. The molecule has 4 heteroatoms. The lowest BCUT2D eigenvalue weighted by atomic mass is 10.1. The lowest BCUT2D eigenvalue weighted by Gasteiger charge is -2.05. The quantitative estimate of drug-likeness (QED) is 0.364. The molecule has 0 aliphatic rings. The summed E-state index contributed by atoms with van der Waals surface area (Å²) in [6.07, 6.45) is 0.987. The Balaban J connectivity index is 2.62. The summed E-state index contributed by atoms with van der Waals surface area (Å²) >= 11 is 2.23. The molecule has 2 nitrogen and oxygen atoms in total. The van der Waals surface area contributed by atoms with Gasteiger partial charge in [-0.1, -0.05) is 12.1 Å². The molecule has 1 aromatic carbocycles. The minimum Gasteiger partial charge on any atom is -0.462 e. The molecule has 0 fully saturated rings. The monoisotopic (exact) mass is 334 g/mol. The van der Waals surface area contributed by atoms with E-state index in [0.717, 1.165) is 9.99 Å². The first kappa shape index (κ1) is 12.7. The molecule has 15 heavy (non-hydrogen) atoms. The topological polar surface area (TPSA) is 26.3 Å². The Hall–Kier alpha value is -0.363. The van der Waals surface area contributed by atoms with Gasteiger partial charge in [0.05, 0.1) is 12.2 Å². The molecule has 0 aliphatic heterocycles. The van der Waals surface area contributed by atoms with Crippen LogP contribution in [0.1, 0.15) is 22.3 Å². The van der Waals surface area contributed by atoms with Crippen molar-refractivity contribution in [2.24, 2.45) is 0 Å². The Bertz CT molecular complexity index is 352. The van der Waals surface area contributed by atoms with Gasteiger partial charge in [0.1, 0.15) is 0 Å². The summed E-state index contributed by atoms with van der Waals surface area (Å²) < 4.78 is 6.25. The molecule has 0 bridgehead atoms. The van der Waals surface area contributed by atoms with E-state index in [9.17, 15) is 4.79 Å². The largest absolute Gasteiger partial charge is 0.462 e. The van der Waals surface area contributed by atoms with Crippen molar-refractivity contribution >= 4 is 38.8 Å². The van der Waals surface area contributed by atoms with Gasteiger partial charge in [-0.15, -0.1) is 0 Å². The smallest absolute Gasteiger partial charge is 0.338 e. The van der Waals surface area contributed by atoms with Crippen molar-refractivity contribution in [2.45, 2.75) is 19.4 Å². The summed E-state index contributed by atoms with van der Waals surface area (Å²) in [7, 11) is 1.17. The van der Waals surface area contributed by atoms with E-state index in [1.54, 1.807) is 0 Å². The van der Waals surface area contributed by atoms with Gasteiger partial charge in [0, 0.05) is 13.8 Å². The highest BCUT2D eigenvalue weighted by molar-refractivity contribution is 14.1. The third-order valence-electron chi connectivity index (χ3n) is 2.14. The van der Waals surface area contributed by atoms with E-state index in [1.165, 1.54) is 21.9 Å². The maximum absolute atomic E-state index is 11.6. The van der Waals surface area contributed by atoms with Crippen LogP contribution in [0.5, 0.6) is 0 Å². The summed E-state index contributed by atoms with van der Waals surface area (Å²) in [4.78, 5) is 11.6. The van der Waals surface area contributed by atoms with Crippen LogP contribution in [0, 0.1) is 10.5 Å². The Morgan fingerprint density at radius 1 is 1.53 bits per heavy atom. The van der Waals surface area contributed by atoms with Crippen LogP contribution < -0.4 is 0 Å². The van der Waals surface area contributed by atoms with Crippen LogP contribution in [0.15, 0.2) is 18.2 Å². The molecule has 0 saturated heterocycles. The van der Waals surface area contributed by atoms with Crippen molar-refractivity contribution in [3.8, 4) is 0 Å². The van der Waals surface area contributed by atoms with E-state index in [4.69, 9.17) is 4.74 Å². The number of esters is 1. The van der Waals surface area contributed by atoms with Gasteiger partial charge in [-0.3, -0.25) is 0 Å². The molecule has 0 unspecified atom stereocenters. The number of rotatable bonds is 4. The average molecular weight is 334 g/mol. The molecular weight excluding hydrogens is 319 g/mol. The van der Waals surface area contributed by atoms with Crippen LogP contribution in [0.2, 0.25) is 6.04 Å². The number of ether oxygens (including phenoxy) is 1. The molecule has 0 aromatic heterocycles. The number of aryl methyl sites for hydroxylation is 1. The summed E-state index contributed by atoms with van der Waals surface area (Å²) in [5, 5.41) is 0. The SMILES string of the molecule is Cc1ccc(C(=O)OCCC[SiH3])cc1I. The van der Waals surface area contributed by atoms with Gasteiger partial charge in [-0.05, 0) is 53.6 Å². The van der Waals surface area contributed by atoms with Gasteiger partial charge in [0.2, 0.25) is 0 Å². The van der Waals surface area contributed by atoms with E-state index in [1.807, 2.05) is 25.1 Å². The lowest BCUT2D eigenvalue weighted by molar-refractivity contribution is 0.0505. The van der Waals surface area contributed by atoms with Gasteiger partial charge in [0.25, 0.3) is 0 Å². The number of carbonyl (C=O) groups excluding carboxylic acids is 1. The summed E-state index contributed by atoms with van der Waals surface area (Å²) in [5.41, 5.74) is 1.84. The second-order valence-electron chi connectivity index (χ2n) is 3.45. The molecule has 0 spiro atoms. The van der Waals surface area contributed by atoms with Crippen molar-refractivity contribution < 1.29 is 9.53 Å². The first-order chi connectivity index (χ1) is 7.15. The molecule has 82 valence electrons. The van der Waals surface area contributed by atoms with E-state index in [0.29, 0.717) is 12.2 Å². The van der Waals surface area contributed by atoms with E-state index in [-0.39, 0.29) is 5.97 Å². The van der Waals surface area contributed by atoms with Crippen LogP contribution in [0.3, 0.4) is 0 Å². The van der Waals surface area contributed by atoms with Gasteiger partial charge >= 0.3 is 5.97 Å². The Kier molecular flexibility index (Phi) is 5.31. The molecule has 0 saturated carbocycles. The Labute approximate surface area is 107 Å². The second kappa shape index (κ2) is 6.27. The molecule has 0 aliphatic carbocycles. The molecule has 0 radical (unpaired) electrons. The molecule has 1 aromatic rings. The average Bonchev–Trinajstić information content (AvgIpc) is 2.22. The van der Waals surface area contributed by atoms with Crippen molar-refractivity contribution in [3.05, 3.63) is 32.9 Å². The zero-order valence-electron chi connectivity index (χ0n) is 9.05. The first-order valence-corrected chi connectivity index (χ1v) is 7.57. The van der Waals surface area contributed by atoms with Crippen molar-refractivity contribution in [2.75, 3.05) is 6.61 Å². The second-order valence-corrected chi connectivity index (χ2v) is 5.62. The fraction of sp³-hybridized carbons (Fsp3) is 0.364. The first-order valence-electron chi connectivity index (χ1n) is 5.08. The fourth-order valence-corrected chi connectivity index (χ4v) is 1.92. The fourth-order valence-electron chi connectivity index (χ4n) is 1.11. The van der Waals surface area contributed by atoms with Gasteiger partial charge in [-0.2, -0.15) is 0 Å². The van der Waals surface area contributed by atoms with E-state index < -0.39 is 0 Å². The molecule has 0 heterocycles. The van der Waals surface area contributed by atoms with Crippen molar-refractivity contribution in [1.29, 1.82) is 0 Å². The highest BCUT2D eigenvalue weighted by Crippen LogP contribution is 2.14. The maximum Gasteiger partial charge on any atom is 0.338 e. The molecule has 0 N–H and O–H groups in total. The highest BCUT2D eigenvalue weighted by atomic mass is 127. The van der Waals surface area contributed by atoms with Crippen LogP contribution in [-0.4, -0.2) is 22.8 Å². The van der Waals surface area contributed by atoms with Crippen LogP contribution in [-0.2, 0) is 4.74 Å². The minimum absolute atomic E-state index is 0.206. The Morgan fingerprint density at radius 3 is 2.87 bits per heavy atom. The number of halogens is 1. The van der Waals surface area contributed by atoms with Gasteiger partial charge < -0.3 is 4.74 Å². The van der Waals surface area contributed by atoms with E-state index in [2.05, 4.69) is 22.6 Å². The normalized spacial score (nSPS) is 10.3. The zero-order valence-corrected chi connectivity index (χ0v) is 13.2. The van der Waals surface area contributed by atoms with Crippen LogP contribution >= 0.6 is 22.6 Å². The third kappa shape index (κ3) is 3.94. The van der Waals surface area contributed by atoms with Crippen LogP contribution in [0.25, 0.3) is 0 Å². The molecule has 0 amide bonds. The standard InChI is InChI=1S/C11H15IO2Si/c1-8-3-4-9(7-10(8)12)11(13)14-5-2-6-15/h3-4,7H,2,5-6H2,1,15H3. The Morgan fingerprint density at radius 2 is 2.27 bits per heavy atom. The summed E-state index contributed by atoms with van der Waals surface area (Å²) in [6.45, 7) is 2.57. The van der Waals surface area contributed by atoms with Crippen molar-refractivity contribution in [1.82, 2.24) is 0 Å². The third-order valence-corrected chi connectivity index (χ3v) is 4.01. The number of benzene rings is 1. The molecule has 0 atom stereocenters. The minimum atomic E-state index is -0.206. The van der Waals surface area contributed by atoms with Gasteiger partial charge in [-0.25, -0.2) is 4.79 Å².